The predicted octanol–water partition coefficient (Wildman–Crippen LogP) is 5.69. The average Bonchev–Trinajstić information content (AvgIpc) is 3.33. The molecule has 4 aromatic rings. The number of nitrogens with zero attached hydrogens (tertiary/aromatic N) is 3. The lowest BCUT2D eigenvalue weighted by Gasteiger charge is -2.03. The van der Waals surface area contributed by atoms with Crippen LogP contribution in [0.2, 0.25) is 5.02 Å². The van der Waals surface area contributed by atoms with Crippen LogP contribution in [0.5, 0.6) is 0 Å². The standard InChI is InChI=1S/C22H20ClN3O2S/c1-2-28-20(27)9-5-8-19-21(15-10-12-16(23)13-11-15)25-22(29-19)26-14-24-17-6-3-4-7-18(17)26/h3-4,6-7,10-14H,2,5,8-9H2,1H3. The van der Waals surface area contributed by atoms with Crippen LogP contribution in [0.25, 0.3) is 27.4 Å². The lowest BCUT2D eigenvalue weighted by atomic mass is 10.1. The van der Waals surface area contributed by atoms with E-state index >= 15 is 0 Å². The summed E-state index contributed by atoms with van der Waals surface area (Å²) in [6, 6.07) is 15.7. The Morgan fingerprint density at radius 2 is 1.97 bits per heavy atom. The van der Waals surface area contributed by atoms with Crippen LogP contribution in [-0.2, 0) is 16.0 Å². The quantitative estimate of drug-likeness (QED) is 0.357. The average molecular weight is 426 g/mol. The van der Waals surface area contributed by atoms with Crippen molar-refractivity contribution in [2.45, 2.75) is 26.2 Å². The van der Waals surface area contributed by atoms with Gasteiger partial charge in [-0.15, -0.1) is 11.3 Å². The molecule has 4 rings (SSSR count). The molecule has 0 radical (unpaired) electrons. The van der Waals surface area contributed by atoms with E-state index in [4.69, 9.17) is 21.3 Å². The number of hydrogen-bond acceptors (Lipinski definition) is 5. The molecule has 0 saturated carbocycles. The van der Waals surface area contributed by atoms with Crippen LogP contribution in [0.15, 0.2) is 54.9 Å². The number of aryl methyl sites for hydroxylation is 1. The first-order valence-corrected chi connectivity index (χ1v) is 10.7. The second-order valence-corrected chi connectivity index (χ2v) is 8.04. The number of carbonyl (C=O) groups is 1. The molecule has 2 aromatic heterocycles. The third-order valence-corrected chi connectivity index (χ3v) is 5.92. The number of ether oxygens (including phenoxy) is 1. The molecule has 0 saturated heterocycles. The van der Waals surface area contributed by atoms with Crippen LogP contribution >= 0.6 is 22.9 Å². The summed E-state index contributed by atoms with van der Waals surface area (Å²) in [7, 11) is 0. The van der Waals surface area contributed by atoms with E-state index in [0.717, 1.165) is 38.7 Å². The molecule has 5 nitrogen and oxygen atoms in total. The molecule has 0 aliphatic rings. The van der Waals surface area contributed by atoms with Crippen molar-refractivity contribution in [3.05, 3.63) is 64.8 Å². The van der Waals surface area contributed by atoms with Gasteiger partial charge >= 0.3 is 5.97 Å². The molecule has 0 spiro atoms. The van der Waals surface area contributed by atoms with Crippen molar-refractivity contribution in [2.24, 2.45) is 0 Å². The van der Waals surface area contributed by atoms with Gasteiger partial charge in [0.1, 0.15) is 6.33 Å². The fraction of sp³-hybridized carbons (Fsp3) is 0.227. The highest BCUT2D eigenvalue weighted by Gasteiger charge is 2.16. The molecule has 2 aromatic carbocycles. The number of fused-ring (bicyclic) bond motifs is 1. The van der Waals surface area contributed by atoms with Gasteiger partial charge in [0.15, 0.2) is 5.13 Å². The highest BCUT2D eigenvalue weighted by molar-refractivity contribution is 7.14. The Hall–Kier alpha value is -2.70. The third-order valence-electron chi connectivity index (χ3n) is 4.55. The maximum Gasteiger partial charge on any atom is 0.305 e. The smallest absolute Gasteiger partial charge is 0.305 e. The summed E-state index contributed by atoms with van der Waals surface area (Å²) in [6.45, 7) is 2.23. The van der Waals surface area contributed by atoms with Gasteiger partial charge in [-0.2, -0.15) is 0 Å². The largest absolute Gasteiger partial charge is 0.466 e. The van der Waals surface area contributed by atoms with E-state index in [1.807, 2.05) is 60.0 Å². The van der Waals surface area contributed by atoms with Gasteiger partial charge in [0, 0.05) is 21.9 Å². The Morgan fingerprint density at radius 1 is 1.17 bits per heavy atom. The number of imidazole rings is 1. The number of para-hydroxylation sites is 2. The van der Waals surface area contributed by atoms with Gasteiger partial charge in [0.05, 0.1) is 23.3 Å². The Morgan fingerprint density at radius 3 is 2.76 bits per heavy atom. The molecule has 148 valence electrons. The van der Waals surface area contributed by atoms with E-state index < -0.39 is 0 Å². The number of esters is 1. The highest BCUT2D eigenvalue weighted by atomic mass is 35.5. The van der Waals surface area contributed by atoms with Gasteiger partial charge in [-0.25, -0.2) is 9.97 Å². The number of carbonyl (C=O) groups excluding carboxylic acids is 1. The Balaban J connectivity index is 1.68. The molecule has 0 aliphatic carbocycles. The fourth-order valence-corrected chi connectivity index (χ4v) is 4.42. The van der Waals surface area contributed by atoms with E-state index in [0.29, 0.717) is 24.5 Å². The second-order valence-electron chi connectivity index (χ2n) is 6.54. The molecule has 0 bridgehead atoms. The summed E-state index contributed by atoms with van der Waals surface area (Å²) in [5.41, 5.74) is 3.87. The van der Waals surface area contributed by atoms with Crippen molar-refractivity contribution in [2.75, 3.05) is 6.61 Å². The van der Waals surface area contributed by atoms with E-state index in [9.17, 15) is 4.79 Å². The molecule has 0 fully saturated rings. The summed E-state index contributed by atoms with van der Waals surface area (Å²) in [4.78, 5) is 22.2. The molecule has 29 heavy (non-hydrogen) atoms. The monoisotopic (exact) mass is 425 g/mol. The van der Waals surface area contributed by atoms with Crippen LogP contribution in [0.1, 0.15) is 24.6 Å². The maximum atomic E-state index is 11.7. The van der Waals surface area contributed by atoms with E-state index in [2.05, 4.69) is 4.98 Å². The molecular weight excluding hydrogens is 406 g/mol. The SMILES string of the molecule is CCOC(=O)CCCc1sc(-n2cnc3ccccc32)nc1-c1ccc(Cl)cc1. The predicted molar refractivity (Wildman–Crippen MR) is 117 cm³/mol. The minimum Gasteiger partial charge on any atom is -0.466 e. The van der Waals surface area contributed by atoms with Crippen molar-refractivity contribution in [3.8, 4) is 16.4 Å². The number of hydrogen-bond donors (Lipinski definition) is 0. The number of halogens is 1. The molecule has 2 heterocycles. The Labute approximate surface area is 177 Å². The first kappa shape index (κ1) is 19.6. The normalized spacial score (nSPS) is 11.1. The first-order valence-electron chi connectivity index (χ1n) is 9.49. The van der Waals surface area contributed by atoms with Crippen molar-refractivity contribution in [3.63, 3.8) is 0 Å². The first-order chi connectivity index (χ1) is 14.2. The van der Waals surface area contributed by atoms with Crippen LogP contribution in [-0.4, -0.2) is 27.1 Å². The van der Waals surface area contributed by atoms with Crippen LogP contribution in [0.3, 0.4) is 0 Å². The number of aromatic nitrogens is 3. The maximum absolute atomic E-state index is 11.7. The van der Waals surface area contributed by atoms with Crippen LogP contribution < -0.4 is 0 Å². The van der Waals surface area contributed by atoms with Crippen molar-refractivity contribution >= 4 is 39.9 Å². The summed E-state index contributed by atoms with van der Waals surface area (Å²) < 4.78 is 7.05. The molecule has 0 amide bonds. The molecular formula is C22H20ClN3O2S. The summed E-state index contributed by atoms with van der Waals surface area (Å²) in [6.07, 6.45) is 3.67. The van der Waals surface area contributed by atoms with Gasteiger partial charge in [0.25, 0.3) is 0 Å². The van der Waals surface area contributed by atoms with Crippen molar-refractivity contribution < 1.29 is 9.53 Å². The number of benzene rings is 2. The minimum absolute atomic E-state index is 0.161. The van der Waals surface area contributed by atoms with Gasteiger partial charge in [-0.3, -0.25) is 9.36 Å². The molecule has 7 heteroatoms. The molecule has 0 atom stereocenters. The van der Waals surface area contributed by atoms with Gasteiger partial charge in [-0.05, 0) is 44.0 Å². The molecule has 0 aliphatic heterocycles. The number of thiazole rings is 1. The summed E-state index contributed by atoms with van der Waals surface area (Å²) in [5.74, 6) is -0.161. The lowest BCUT2D eigenvalue weighted by Crippen LogP contribution is -2.03. The Bertz CT molecular complexity index is 1130. The lowest BCUT2D eigenvalue weighted by molar-refractivity contribution is -0.143. The Kier molecular flexibility index (Phi) is 5.92. The van der Waals surface area contributed by atoms with Gasteiger partial charge in [-0.1, -0.05) is 35.9 Å². The fourth-order valence-electron chi connectivity index (χ4n) is 3.18. The minimum atomic E-state index is -0.161. The molecule has 0 N–H and O–H groups in total. The molecule has 0 unspecified atom stereocenters. The zero-order valence-corrected chi connectivity index (χ0v) is 17.5. The van der Waals surface area contributed by atoms with Crippen LogP contribution in [0.4, 0.5) is 0 Å². The second kappa shape index (κ2) is 8.76. The van der Waals surface area contributed by atoms with Gasteiger partial charge < -0.3 is 4.74 Å². The van der Waals surface area contributed by atoms with Crippen molar-refractivity contribution in [1.82, 2.24) is 14.5 Å². The zero-order chi connectivity index (χ0) is 20.2. The van der Waals surface area contributed by atoms with Crippen molar-refractivity contribution in [1.29, 1.82) is 0 Å². The zero-order valence-electron chi connectivity index (χ0n) is 16.0. The summed E-state index contributed by atoms with van der Waals surface area (Å²) in [5, 5.41) is 1.54. The van der Waals surface area contributed by atoms with Crippen LogP contribution in [0, 0.1) is 0 Å². The topological polar surface area (TPSA) is 57.0 Å². The van der Waals surface area contributed by atoms with E-state index in [1.54, 1.807) is 17.7 Å². The van der Waals surface area contributed by atoms with E-state index in [1.165, 1.54) is 0 Å². The summed E-state index contributed by atoms with van der Waals surface area (Å²) >= 11 is 7.68. The van der Waals surface area contributed by atoms with Gasteiger partial charge in [0.2, 0.25) is 0 Å². The van der Waals surface area contributed by atoms with E-state index in [-0.39, 0.29) is 5.97 Å². The third kappa shape index (κ3) is 4.33. The highest BCUT2D eigenvalue weighted by Crippen LogP contribution is 2.33. The number of rotatable bonds is 7.